The summed E-state index contributed by atoms with van der Waals surface area (Å²) < 4.78 is 0. The van der Waals surface area contributed by atoms with Crippen molar-refractivity contribution in [2.45, 2.75) is 39.0 Å². The van der Waals surface area contributed by atoms with Gasteiger partial charge in [-0.25, -0.2) is 0 Å². The normalized spacial score (nSPS) is 26.0. The lowest BCUT2D eigenvalue weighted by molar-refractivity contribution is 0.435. The Labute approximate surface area is 139 Å². The molecule has 0 radical (unpaired) electrons. The molecule has 2 nitrogen and oxygen atoms in total. The first-order chi connectivity index (χ1) is 10.6. The topological polar surface area (TPSA) is 36.1 Å². The highest BCUT2D eigenvalue weighted by atomic mass is 32.2. The van der Waals surface area contributed by atoms with Crippen molar-refractivity contribution in [3.8, 4) is 6.07 Å². The molecule has 0 bridgehead atoms. The Morgan fingerprint density at radius 3 is 3.00 bits per heavy atom. The van der Waals surface area contributed by atoms with E-state index in [1.54, 1.807) is 11.3 Å². The average molecular weight is 326 g/mol. The minimum atomic E-state index is 0.238. The van der Waals surface area contributed by atoms with Gasteiger partial charge in [0.1, 0.15) is 10.9 Å². The third-order valence-electron chi connectivity index (χ3n) is 4.67. The van der Waals surface area contributed by atoms with E-state index in [1.807, 2.05) is 11.8 Å². The molecular weight excluding hydrogens is 308 g/mol. The predicted molar refractivity (Wildman–Crippen MR) is 94.4 cm³/mol. The molecule has 0 N–H and O–H groups in total. The van der Waals surface area contributed by atoms with Crippen LogP contribution >= 0.6 is 23.1 Å². The second-order valence-corrected chi connectivity index (χ2v) is 8.89. The van der Waals surface area contributed by atoms with Gasteiger partial charge in [0.15, 0.2) is 0 Å². The molecule has 0 fully saturated rings. The fourth-order valence-electron chi connectivity index (χ4n) is 3.55. The lowest BCUT2D eigenvalue weighted by Gasteiger charge is -2.35. The molecule has 3 heterocycles. The Morgan fingerprint density at radius 1 is 1.36 bits per heavy atom. The molecule has 1 aromatic rings. The van der Waals surface area contributed by atoms with Crippen LogP contribution in [0.3, 0.4) is 0 Å². The Kier molecular flexibility index (Phi) is 3.32. The number of fused-ring (bicyclic) bond motifs is 1. The lowest BCUT2D eigenvalue weighted by atomic mass is 9.73. The van der Waals surface area contributed by atoms with Crippen LogP contribution in [0.1, 0.15) is 49.5 Å². The first kappa shape index (κ1) is 14.3. The van der Waals surface area contributed by atoms with Gasteiger partial charge in [0.2, 0.25) is 0 Å². The van der Waals surface area contributed by atoms with Crippen molar-refractivity contribution in [2.75, 3.05) is 5.75 Å². The molecule has 0 amide bonds. The van der Waals surface area contributed by atoms with Crippen molar-refractivity contribution in [1.29, 1.82) is 5.26 Å². The molecule has 4 rings (SSSR count). The second-order valence-electron chi connectivity index (χ2n) is 6.85. The smallest absolute Gasteiger partial charge is 0.110 e. The van der Waals surface area contributed by atoms with Crippen molar-refractivity contribution < 1.29 is 0 Å². The zero-order valence-electron chi connectivity index (χ0n) is 12.8. The number of rotatable bonds is 1. The quantitative estimate of drug-likeness (QED) is 0.706. The van der Waals surface area contributed by atoms with E-state index in [0.717, 1.165) is 23.5 Å². The van der Waals surface area contributed by atoms with Gasteiger partial charge in [-0.1, -0.05) is 19.9 Å². The van der Waals surface area contributed by atoms with Crippen LogP contribution in [0.4, 0.5) is 0 Å². The monoisotopic (exact) mass is 326 g/mol. The Morgan fingerprint density at radius 2 is 2.23 bits per heavy atom. The van der Waals surface area contributed by atoms with Crippen LogP contribution in [0.15, 0.2) is 38.7 Å². The van der Waals surface area contributed by atoms with E-state index in [9.17, 15) is 0 Å². The van der Waals surface area contributed by atoms with Crippen LogP contribution in [0.5, 0.6) is 0 Å². The van der Waals surface area contributed by atoms with E-state index in [1.165, 1.54) is 33.9 Å². The van der Waals surface area contributed by atoms with Crippen LogP contribution < -0.4 is 0 Å². The molecule has 1 aliphatic carbocycles. The van der Waals surface area contributed by atoms with Crippen molar-refractivity contribution in [3.05, 3.63) is 44.1 Å². The summed E-state index contributed by atoms with van der Waals surface area (Å²) in [5.41, 5.74) is 5.50. The Bertz CT molecular complexity index is 771. The number of allylic oxidation sites excluding steroid dienone is 4. The van der Waals surface area contributed by atoms with Crippen LogP contribution in [0.25, 0.3) is 0 Å². The zero-order valence-corrected chi connectivity index (χ0v) is 14.5. The number of hydrogen-bond donors (Lipinski definition) is 0. The van der Waals surface area contributed by atoms with Crippen LogP contribution in [0.2, 0.25) is 0 Å². The number of thioether (sulfide) groups is 1. The summed E-state index contributed by atoms with van der Waals surface area (Å²) >= 11 is 3.51. The summed E-state index contributed by atoms with van der Waals surface area (Å²) in [6, 6.07) is 4.35. The molecule has 0 aromatic carbocycles. The third-order valence-corrected chi connectivity index (χ3v) is 6.72. The molecule has 4 heteroatoms. The summed E-state index contributed by atoms with van der Waals surface area (Å²) in [5.74, 6) is 1.46. The van der Waals surface area contributed by atoms with Gasteiger partial charge in [0.05, 0.1) is 5.70 Å². The molecular formula is C18H18N2S2. The largest absolute Gasteiger partial charge is 0.257 e. The van der Waals surface area contributed by atoms with E-state index in [0.29, 0.717) is 5.92 Å². The maximum atomic E-state index is 9.16. The number of aliphatic imine (C=N–C) groups is 1. The molecule has 1 unspecified atom stereocenters. The molecule has 0 saturated carbocycles. The summed E-state index contributed by atoms with van der Waals surface area (Å²) in [5, 5.41) is 11.3. The number of hydrogen-bond acceptors (Lipinski definition) is 4. The number of nitrogens with zero attached hydrogens (tertiary/aromatic N) is 2. The zero-order chi connectivity index (χ0) is 15.3. The Hall–Kier alpha value is -1.31. The summed E-state index contributed by atoms with van der Waals surface area (Å²) in [6.07, 6.45) is 5.77. The number of thiophene rings is 1. The second kappa shape index (κ2) is 5.11. The molecule has 0 saturated heterocycles. The Balaban J connectivity index is 1.87. The minimum Gasteiger partial charge on any atom is -0.257 e. The fourth-order valence-corrected chi connectivity index (χ4v) is 5.54. The highest BCUT2D eigenvalue weighted by molar-refractivity contribution is 8.03. The average Bonchev–Trinajstić information content (AvgIpc) is 3.12. The van der Waals surface area contributed by atoms with Crippen LogP contribution in [-0.4, -0.2) is 11.5 Å². The summed E-state index contributed by atoms with van der Waals surface area (Å²) in [4.78, 5) is 7.21. The summed E-state index contributed by atoms with van der Waals surface area (Å²) in [6.45, 7) is 4.63. The van der Waals surface area contributed by atoms with Gasteiger partial charge < -0.3 is 0 Å². The maximum Gasteiger partial charge on any atom is 0.110 e. The molecule has 0 spiro atoms. The molecule has 3 aliphatic rings. The van der Waals surface area contributed by atoms with E-state index in [2.05, 4.69) is 37.4 Å². The van der Waals surface area contributed by atoms with Crippen molar-refractivity contribution >= 4 is 28.8 Å². The SMILES string of the molecule is CC1(C)C=C2C(=NC3=C(SCC3)C2c2csc(C#N)c2)CC1. The van der Waals surface area contributed by atoms with Crippen LogP contribution in [-0.2, 0) is 0 Å². The molecule has 2 aliphatic heterocycles. The van der Waals surface area contributed by atoms with Gasteiger partial charge >= 0.3 is 0 Å². The highest BCUT2D eigenvalue weighted by Gasteiger charge is 2.37. The minimum absolute atomic E-state index is 0.238. The van der Waals surface area contributed by atoms with E-state index in [-0.39, 0.29) is 5.41 Å². The highest BCUT2D eigenvalue weighted by Crippen LogP contribution is 2.52. The van der Waals surface area contributed by atoms with Crippen molar-refractivity contribution in [3.63, 3.8) is 0 Å². The van der Waals surface area contributed by atoms with Crippen LogP contribution in [0, 0.1) is 16.7 Å². The first-order valence-electron chi connectivity index (χ1n) is 7.72. The van der Waals surface area contributed by atoms with Gasteiger partial charge in [-0.2, -0.15) is 5.26 Å². The maximum absolute atomic E-state index is 9.16. The van der Waals surface area contributed by atoms with E-state index in [4.69, 9.17) is 10.3 Å². The summed E-state index contributed by atoms with van der Waals surface area (Å²) in [7, 11) is 0. The first-order valence-corrected chi connectivity index (χ1v) is 9.59. The predicted octanol–water partition coefficient (Wildman–Crippen LogP) is 5.25. The van der Waals surface area contributed by atoms with E-state index < -0.39 is 0 Å². The van der Waals surface area contributed by atoms with Gasteiger partial charge in [-0.3, -0.25) is 4.99 Å². The molecule has 112 valence electrons. The van der Waals surface area contributed by atoms with Gasteiger partial charge in [0.25, 0.3) is 0 Å². The third kappa shape index (κ3) is 2.28. The number of nitriles is 1. The lowest BCUT2D eigenvalue weighted by Crippen LogP contribution is -2.26. The standard InChI is InChI=1S/C18H18N2S2/c1-18(2)5-3-14-13(8-18)16(11-7-12(9-19)22-10-11)17-15(20-14)4-6-21-17/h7-8,10,16H,3-6H2,1-2H3. The van der Waals surface area contributed by atoms with Crippen molar-refractivity contribution in [1.82, 2.24) is 0 Å². The van der Waals surface area contributed by atoms with E-state index >= 15 is 0 Å². The van der Waals surface area contributed by atoms with Crippen molar-refractivity contribution in [2.24, 2.45) is 10.4 Å². The van der Waals surface area contributed by atoms with Gasteiger partial charge in [-0.05, 0) is 47.3 Å². The molecule has 1 aromatic heterocycles. The molecule has 1 atom stereocenters. The fraction of sp³-hybridized carbons (Fsp3) is 0.444. The van der Waals surface area contributed by atoms with Gasteiger partial charge in [0, 0.05) is 22.3 Å². The van der Waals surface area contributed by atoms with Gasteiger partial charge in [-0.15, -0.1) is 23.1 Å². The molecule has 22 heavy (non-hydrogen) atoms.